The molecule has 0 aliphatic heterocycles. The Balaban J connectivity index is 4.82. The van der Waals surface area contributed by atoms with Crippen LogP contribution in [-0.4, -0.2) is 59.5 Å². The van der Waals surface area contributed by atoms with E-state index in [0.29, 0.717) is 32.7 Å². The maximum atomic E-state index is 12.1. The number of urea groups is 2. The number of imide groups is 1. The van der Waals surface area contributed by atoms with Gasteiger partial charge in [-0.1, -0.05) is 0 Å². The van der Waals surface area contributed by atoms with Gasteiger partial charge < -0.3 is 9.80 Å². The molecule has 0 fully saturated rings. The number of carbonyl (C=O) groups is 2. The van der Waals surface area contributed by atoms with Gasteiger partial charge in [-0.25, -0.2) is 14.5 Å². The SMILES string of the molecule is CCN(CC)C(=O)N(CC)C(=O)N(CC)CC. The molecular formula is C12H25N3O2. The smallest absolute Gasteiger partial charge is 0.325 e. The second kappa shape index (κ2) is 7.92. The zero-order chi connectivity index (χ0) is 13.4. The minimum atomic E-state index is -0.200. The summed E-state index contributed by atoms with van der Waals surface area (Å²) in [5.74, 6) is 0. The van der Waals surface area contributed by atoms with Crippen molar-refractivity contribution < 1.29 is 9.59 Å². The summed E-state index contributed by atoms with van der Waals surface area (Å²) in [4.78, 5) is 28.9. The number of hydrogen-bond donors (Lipinski definition) is 0. The van der Waals surface area contributed by atoms with Crippen LogP contribution in [0.15, 0.2) is 0 Å². The molecule has 0 N–H and O–H groups in total. The van der Waals surface area contributed by atoms with E-state index in [0.717, 1.165) is 0 Å². The van der Waals surface area contributed by atoms with Crippen LogP contribution in [0.3, 0.4) is 0 Å². The molecule has 0 spiro atoms. The lowest BCUT2D eigenvalue weighted by molar-refractivity contribution is 0.140. The maximum Gasteiger partial charge on any atom is 0.328 e. The summed E-state index contributed by atoms with van der Waals surface area (Å²) in [5.41, 5.74) is 0. The van der Waals surface area contributed by atoms with Crippen molar-refractivity contribution in [3.63, 3.8) is 0 Å². The number of hydrogen-bond acceptors (Lipinski definition) is 2. The van der Waals surface area contributed by atoms with E-state index in [4.69, 9.17) is 0 Å². The topological polar surface area (TPSA) is 43.9 Å². The second-order valence-corrected chi connectivity index (χ2v) is 3.65. The van der Waals surface area contributed by atoms with E-state index in [1.54, 1.807) is 9.80 Å². The Morgan fingerprint density at radius 3 is 1.12 bits per heavy atom. The Labute approximate surface area is 104 Å². The van der Waals surface area contributed by atoms with E-state index < -0.39 is 0 Å². The third kappa shape index (κ3) is 3.91. The molecule has 0 heterocycles. The van der Waals surface area contributed by atoms with Crippen molar-refractivity contribution in [2.24, 2.45) is 0 Å². The molecule has 5 nitrogen and oxygen atoms in total. The van der Waals surface area contributed by atoms with Crippen molar-refractivity contribution in [2.45, 2.75) is 34.6 Å². The third-order valence-corrected chi connectivity index (χ3v) is 2.85. The fourth-order valence-corrected chi connectivity index (χ4v) is 1.68. The summed E-state index contributed by atoms with van der Waals surface area (Å²) in [6.45, 7) is 12.4. The molecule has 0 aromatic carbocycles. The minimum Gasteiger partial charge on any atom is -0.325 e. The van der Waals surface area contributed by atoms with Crippen molar-refractivity contribution >= 4 is 12.1 Å². The molecule has 4 amide bonds. The predicted octanol–water partition coefficient (Wildman–Crippen LogP) is 2.23. The van der Waals surface area contributed by atoms with Crippen LogP contribution in [0.1, 0.15) is 34.6 Å². The molecule has 0 aliphatic carbocycles. The lowest BCUT2D eigenvalue weighted by atomic mass is 10.4. The van der Waals surface area contributed by atoms with Crippen molar-refractivity contribution in [3.8, 4) is 0 Å². The van der Waals surface area contributed by atoms with Crippen LogP contribution in [0, 0.1) is 0 Å². The number of nitrogens with zero attached hydrogens (tertiary/aromatic N) is 3. The van der Waals surface area contributed by atoms with E-state index in [2.05, 4.69) is 0 Å². The molecule has 100 valence electrons. The van der Waals surface area contributed by atoms with Gasteiger partial charge in [-0.05, 0) is 34.6 Å². The molecule has 0 rings (SSSR count). The molecule has 0 aliphatic rings. The minimum absolute atomic E-state index is 0.200. The molecule has 0 aromatic heterocycles. The summed E-state index contributed by atoms with van der Waals surface area (Å²) in [7, 11) is 0. The first kappa shape index (κ1) is 15.7. The van der Waals surface area contributed by atoms with Gasteiger partial charge in [0.05, 0.1) is 0 Å². The lowest BCUT2D eigenvalue weighted by Gasteiger charge is -2.31. The summed E-state index contributed by atoms with van der Waals surface area (Å²) >= 11 is 0. The first-order chi connectivity index (χ1) is 8.06. The molecule has 0 radical (unpaired) electrons. The maximum absolute atomic E-state index is 12.1. The van der Waals surface area contributed by atoms with Gasteiger partial charge in [0.15, 0.2) is 0 Å². The fourth-order valence-electron chi connectivity index (χ4n) is 1.68. The average molecular weight is 243 g/mol. The highest BCUT2D eigenvalue weighted by Crippen LogP contribution is 2.04. The van der Waals surface area contributed by atoms with Crippen LogP contribution in [0.5, 0.6) is 0 Å². The summed E-state index contributed by atoms with van der Waals surface area (Å²) in [5, 5.41) is 0. The van der Waals surface area contributed by atoms with Gasteiger partial charge in [0, 0.05) is 32.7 Å². The molecule has 0 saturated heterocycles. The zero-order valence-electron chi connectivity index (χ0n) is 11.7. The van der Waals surface area contributed by atoms with Gasteiger partial charge >= 0.3 is 12.1 Å². The highest BCUT2D eigenvalue weighted by Gasteiger charge is 2.26. The number of carbonyl (C=O) groups excluding carboxylic acids is 2. The van der Waals surface area contributed by atoms with Crippen LogP contribution in [0.2, 0.25) is 0 Å². The first-order valence-electron chi connectivity index (χ1n) is 6.42. The van der Waals surface area contributed by atoms with Crippen LogP contribution < -0.4 is 0 Å². The van der Waals surface area contributed by atoms with E-state index in [-0.39, 0.29) is 12.1 Å². The highest BCUT2D eigenvalue weighted by atomic mass is 16.2. The molecule has 0 saturated carbocycles. The average Bonchev–Trinajstić information content (AvgIpc) is 2.33. The first-order valence-corrected chi connectivity index (χ1v) is 6.42. The van der Waals surface area contributed by atoms with E-state index in [1.165, 1.54) is 4.90 Å². The van der Waals surface area contributed by atoms with E-state index in [1.807, 2.05) is 34.6 Å². The Morgan fingerprint density at radius 2 is 0.941 bits per heavy atom. The molecule has 0 bridgehead atoms. The quantitative estimate of drug-likeness (QED) is 0.743. The summed E-state index contributed by atoms with van der Waals surface area (Å²) in [6, 6.07) is -0.399. The van der Waals surface area contributed by atoms with Crippen molar-refractivity contribution in [2.75, 3.05) is 32.7 Å². The van der Waals surface area contributed by atoms with Crippen molar-refractivity contribution in [1.82, 2.24) is 14.7 Å². The van der Waals surface area contributed by atoms with Crippen LogP contribution in [0.4, 0.5) is 9.59 Å². The number of amides is 4. The van der Waals surface area contributed by atoms with Crippen molar-refractivity contribution in [3.05, 3.63) is 0 Å². The summed E-state index contributed by atoms with van der Waals surface area (Å²) < 4.78 is 0. The predicted molar refractivity (Wildman–Crippen MR) is 69.0 cm³/mol. The van der Waals surface area contributed by atoms with Gasteiger partial charge in [0.25, 0.3) is 0 Å². The fraction of sp³-hybridized carbons (Fsp3) is 0.833. The normalized spacial score (nSPS) is 9.94. The Bertz CT molecular complexity index is 224. The van der Waals surface area contributed by atoms with E-state index in [9.17, 15) is 9.59 Å². The second-order valence-electron chi connectivity index (χ2n) is 3.65. The molecule has 0 aromatic rings. The molecular weight excluding hydrogens is 218 g/mol. The van der Waals surface area contributed by atoms with Gasteiger partial charge in [0.1, 0.15) is 0 Å². The van der Waals surface area contributed by atoms with Gasteiger partial charge in [0.2, 0.25) is 0 Å². The van der Waals surface area contributed by atoms with Crippen LogP contribution >= 0.6 is 0 Å². The zero-order valence-corrected chi connectivity index (χ0v) is 11.7. The standard InChI is InChI=1S/C12H25N3O2/c1-6-13(7-2)11(16)15(10-5)12(17)14(8-3)9-4/h6-10H2,1-5H3. The van der Waals surface area contributed by atoms with Gasteiger partial charge in [-0.15, -0.1) is 0 Å². The molecule has 0 unspecified atom stereocenters. The number of rotatable bonds is 5. The third-order valence-electron chi connectivity index (χ3n) is 2.85. The monoisotopic (exact) mass is 243 g/mol. The van der Waals surface area contributed by atoms with Crippen molar-refractivity contribution in [1.29, 1.82) is 0 Å². The van der Waals surface area contributed by atoms with E-state index >= 15 is 0 Å². The Morgan fingerprint density at radius 1 is 0.647 bits per heavy atom. The van der Waals surface area contributed by atoms with Crippen LogP contribution in [-0.2, 0) is 0 Å². The lowest BCUT2D eigenvalue weighted by Crippen LogP contribution is -2.51. The Kier molecular flexibility index (Phi) is 7.34. The Hall–Kier alpha value is -1.26. The summed E-state index contributed by atoms with van der Waals surface area (Å²) in [6.07, 6.45) is 0. The molecule has 5 heteroatoms. The van der Waals surface area contributed by atoms with Gasteiger partial charge in [-0.3, -0.25) is 0 Å². The van der Waals surface area contributed by atoms with Crippen LogP contribution in [0.25, 0.3) is 0 Å². The largest absolute Gasteiger partial charge is 0.328 e. The molecule has 17 heavy (non-hydrogen) atoms. The molecule has 0 atom stereocenters. The van der Waals surface area contributed by atoms with Gasteiger partial charge in [-0.2, -0.15) is 0 Å². The highest BCUT2D eigenvalue weighted by molar-refractivity contribution is 5.93.